The lowest BCUT2D eigenvalue weighted by Crippen LogP contribution is -2.15. The van der Waals surface area contributed by atoms with Crippen LogP contribution >= 0.6 is 0 Å². The Balaban J connectivity index is 1.84. The topological polar surface area (TPSA) is 94.1 Å². The fourth-order valence-corrected chi connectivity index (χ4v) is 3.06. The molecule has 10 heteroatoms. The van der Waals surface area contributed by atoms with E-state index >= 15 is 0 Å². The molecule has 0 atom stereocenters. The highest BCUT2D eigenvalue weighted by Crippen LogP contribution is 2.23. The van der Waals surface area contributed by atoms with Crippen LogP contribution in [0.3, 0.4) is 0 Å². The van der Waals surface area contributed by atoms with Crippen LogP contribution in [0.4, 0.5) is 14.7 Å². The van der Waals surface area contributed by atoms with Crippen molar-refractivity contribution >= 4 is 16.0 Å². The van der Waals surface area contributed by atoms with Crippen LogP contribution in [0.15, 0.2) is 53.9 Å². The quantitative estimate of drug-likeness (QED) is 0.734. The Bertz CT molecular complexity index is 1040. The highest BCUT2D eigenvalue weighted by molar-refractivity contribution is 7.92. The molecule has 0 aliphatic carbocycles. The Kier molecular flexibility index (Phi) is 4.76. The van der Waals surface area contributed by atoms with Crippen molar-refractivity contribution in [2.45, 2.75) is 4.90 Å². The van der Waals surface area contributed by atoms with Crippen LogP contribution in [0.1, 0.15) is 0 Å². The van der Waals surface area contributed by atoms with Crippen LogP contribution in [-0.2, 0) is 10.0 Å². The van der Waals surface area contributed by atoms with Crippen LogP contribution in [0, 0.1) is 11.6 Å². The van der Waals surface area contributed by atoms with E-state index in [0.717, 1.165) is 24.4 Å². The third-order valence-electron chi connectivity index (χ3n) is 3.35. The van der Waals surface area contributed by atoms with Gasteiger partial charge in [-0.3, -0.25) is 4.98 Å². The number of benzene rings is 1. The Morgan fingerprint density at radius 3 is 2.38 bits per heavy atom. The first-order chi connectivity index (χ1) is 12.4. The molecule has 1 aromatic carbocycles. The molecule has 0 fully saturated rings. The zero-order valence-corrected chi connectivity index (χ0v) is 14.2. The van der Waals surface area contributed by atoms with Gasteiger partial charge in [0.15, 0.2) is 11.6 Å². The second kappa shape index (κ2) is 7.00. The first-order valence-corrected chi connectivity index (χ1v) is 8.67. The van der Waals surface area contributed by atoms with Crippen LogP contribution in [0.2, 0.25) is 0 Å². The normalized spacial score (nSPS) is 11.2. The van der Waals surface area contributed by atoms with E-state index in [1.54, 1.807) is 0 Å². The molecule has 0 amide bonds. The molecule has 0 saturated carbocycles. The van der Waals surface area contributed by atoms with Gasteiger partial charge < -0.3 is 4.74 Å². The van der Waals surface area contributed by atoms with Crippen LogP contribution in [-0.4, -0.2) is 30.5 Å². The molecule has 0 bridgehead atoms. The molecule has 2 heterocycles. The second-order valence-electron chi connectivity index (χ2n) is 5.09. The minimum atomic E-state index is -4.04. The van der Waals surface area contributed by atoms with Crippen molar-refractivity contribution in [3.8, 4) is 16.9 Å². The van der Waals surface area contributed by atoms with E-state index in [4.69, 9.17) is 4.74 Å². The molecule has 7 nitrogen and oxygen atoms in total. The summed E-state index contributed by atoms with van der Waals surface area (Å²) in [7, 11) is -2.81. The number of nitrogens with one attached hydrogen (secondary N) is 1. The van der Waals surface area contributed by atoms with Gasteiger partial charge in [0.2, 0.25) is 5.95 Å². The predicted octanol–water partition coefficient (Wildman–Crippen LogP) is 2.63. The average molecular weight is 378 g/mol. The maximum Gasteiger partial charge on any atom is 0.264 e. The van der Waals surface area contributed by atoms with Crippen molar-refractivity contribution in [2.24, 2.45) is 0 Å². The van der Waals surface area contributed by atoms with Gasteiger partial charge in [0, 0.05) is 35.8 Å². The molecule has 1 N–H and O–H groups in total. The number of sulfonamides is 1. The third kappa shape index (κ3) is 3.75. The van der Waals surface area contributed by atoms with Gasteiger partial charge in [-0.2, -0.15) is 0 Å². The van der Waals surface area contributed by atoms with E-state index in [9.17, 15) is 17.2 Å². The van der Waals surface area contributed by atoms with Gasteiger partial charge >= 0.3 is 0 Å². The highest BCUT2D eigenvalue weighted by Gasteiger charge is 2.18. The number of ether oxygens (including phenoxy) is 1. The molecule has 3 rings (SSSR count). The summed E-state index contributed by atoms with van der Waals surface area (Å²) in [5.41, 5.74) is 0.908. The summed E-state index contributed by atoms with van der Waals surface area (Å²) < 4.78 is 58.3. The molecule has 26 heavy (non-hydrogen) atoms. The summed E-state index contributed by atoms with van der Waals surface area (Å²) in [4.78, 5) is 11.3. The number of halogens is 2. The number of nitrogens with zero attached hydrogens (tertiary/aromatic N) is 3. The first kappa shape index (κ1) is 17.7. The van der Waals surface area contributed by atoms with Gasteiger partial charge in [-0.15, -0.1) is 0 Å². The van der Waals surface area contributed by atoms with Gasteiger partial charge in [0.25, 0.3) is 10.0 Å². The zero-order valence-electron chi connectivity index (χ0n) is 13.3. The molecule has 3 aromatic rings. The molecule has 0 aliphatic rings. The summed E-state index contributed by atoms with van der Waals surface area (Å²) in [5, 5.41) is 0. The summed E-state index contributed by atoms with van der Waals surface area (Å²) in [5.74, 6) is -1.60. The van der Waals surface area contributed by atoms with Crippen LogP contribution in [0.25, 0.3) is 11.1 Å². The van der Waals surface area contributed by atoms with Gasteiger partial charge in [0.05, 0.1) is 18.2 Å². The molecule has 0 unspecified atom stereocenters. The van der Waals surface area contributed by atoms with Crippen molar-refractivity contribution in [1.82, 2.24) is 15.0 Å². The SMILES string of the molecule is COc1cc(S(=O)(=O)Nc2ncc(-c3cncc(F)c3)cn2)ccc1F. The largest absolute Gasteiger partial charge is 0.494 e. The molecule has 2 aromatic heterocycles. The number of rotatable bonds is 5. The zero-order chi connectivity index (χ0) is 18.7. The number of pyridine rings is 1. The summed E-state index contributed by atoms with van der Waals surface area (Å²) in [6, 6.07) is 4.37. The minimum absolute atomic E-state index is 0.193. The maximum absolute atomic E-state index is 13.4. The summed E-state index contributed by atoms with van der Waals surface area (Å²) in [6.45, 7) is 0. The van der Waals surface area contributed by atoms with Crippen molar-refractivity contribution in [3.05, 3.63) is 60.7 Å². The fourth-order valence-electron chi connectivity index (χ4n) is 2.09. The summed E-state index contributed by atoms with van der Waals surface area (Å²) >= 11 is 0. The second-order valence-corrected chi connectivity index (χ2v) is 6.77. The number of anilines is 1. The van der Waals surface area contributed by atoms with Crippen molar-refractivity contribution < 1.29 is 21.9 Å². The fraction of sp³-hybridized carbons (Fsp3) is 0.0625. The summed E-state index contributed by atoms with van der Waals surface area (Å²) in [6.07, 6.45) is 5.14. The number of methoxy groups -OCH3 is 1. The van der Waals surface area contributed by atoms with Crippen LogP contribution in [0.5, 0.6) is 5.75 Å². The first-order valence-electron chi connectivity index (χ1n) is 7.18. The Hall–Kier alpha value is -3.14. The van der Waals surface area contributed by atoms with E-state index in [1.165, 1.54) is 31.8 Å². The smallest absolute Gasteiger partial charge is 0.264 e. The van der Waals surface area contributed by atoms with E-state index in [-0.39, 0.29) is 16.6 Å². The average Bonchev–Trinajstić information content (AvgIpc) is 2.62. The van der Waals surface area contributed by atoms with Gasteiger partial charge in [-0.1, -0.05) is 0 Å². The van der Waals surface area contributed by atoms with Crippen molar-refractivity contribution in [1.29, 1.82) is 0 Å². The van der Waals surface area contributed by atoms with Gasteiger partial charge in [-0.25, -0.2) is 31.9 Å². The van der Waals surface area contributed by atoms with E-state index in [1.807, 2.05) is 0 Å². The minimum Gasteiger partial charge on any atom is -0.494 e. The molecule has 0 saturated heterocycles. The molecule has 0 spiro atoms. The van der Waals surface area contributed by atoms with Gasteiger partial charge in [0.1, 0.15) is 5.82 Å². The number of hydrogen-bond acceptors (Lipinski definition) is 6. The lowest BCUT2D eigenvalue weighted by molar-refractivity contribution is 0.385. The van der Waals surface area contributed by atoms with Crippen LogP contribution < -0.4 is 9.46 Å². The molecule has 134 valence electrons. The Morgan fingerprint density at radius 2 is 1.73 bits per heavy atom. The van der Waals surface area contributed by atoms with Crippen molar-refractivity contribution in [3.63, 3.8) is 0 Å². The molecular formula is C16H12F2N4O3S. The number of hydrogen-bond donors (Lipinski definition) is 1. The molecular weight excluding hydrogens is 366 g/mol. The van der Waals surface area contributed by atoms with E-state index in [0.29, 0.717) is 11.1 Å². The highest BCUT2D eigenvalue weighted by atomic mass is 32.2. The lowest BCUT2D eigenvalue weighted by atomic mass is 10.1. The molecule has 0 aliphatic heterocycles. The van der Waals surface area contributed by atoms with Gasteiger partial charge in [-0.05, 0) is 18.2 Å². The molecule has 0 radical (unpaired) electrons. The Morgan fingerprint density at radius 1 is 1.00 bits per heavy atom. The maximum atomic E-state index is 13.4. The van der Waals surface area contributed by atoms with E-state index < -0.39 is 21.7 Å². The lowest BCUT2D eigenvalue weighted by Gasteiger charge is -2.09. The monoisotopic (exact) mass is 378 g/mol. The third-order valence-corrected chi connectivity index (χ3v) is 4.67. The van der Waals surface area contributed by atoms with Crippen molar-refractivity contribution in [2.75, 3.05) is 11.8 Å². The Labute approximate surface area is 147 Å². The number of aromatic nitrogens is 3. The predicted molar refractivity (Wildman–Crippen MR) is 89.0 cm³/mol. The van der Waals surface area contributed by atoms with E-state index in [2.05, 4.69) is 19.7 Å². The standard InChI is InChI=1S/C16H12F2N4O3S/c1-25-15-5-13(2-3-14(15)18)26(23,24)22-16-20-7-11(8-21-16)10-4-12(17)9-19-6-10/h2-9H,1H3,(H,20,21,22).